The van der Waals surface area contributed by atoms with E-state index in [0.29, 0.717) is 23.0 Å². The highest BCUT2D eigenvalue weighted by molar-refractivity contribution is 6.05. The lowest BCUT2D eigenvalue weighted by atomic mass is 9.91. The van der Waals surface area contributed by atoms with Gasteiger partial charge < -0.3 is 0 Å². The van der Waals surface area contributed by atoms with Gasteiger partial charge in [-0.05, 0) is 45.2 Å². The van der Waals surface area contributed by atoms with E-state index < -0.39 is 0 Å². The van der Waals surface area contributed by atoms with Gasteiger partial charge in [0.1, 0.15) is 0 Å². The van der Waals surface area contributed by atoms with E-state index in [0.717, 1.165) is 49.7 Å². The fourth-order valence-electron chi connectivity index (χ4n) is 5.30. The summed E-state index contributed by atoms with van der Waals surface area (Å²) in [6, 6.07) is 51.2. The van der Waals surface area contributed by atoms with Crippen LogP contribution in [0.1, 0.15) is 5.56 Å². The van der Waals surface area contributed by atoms with Gasteiger partial charge >= 0.3 is 0 Å². The molecule has 196 valence electrons. The summed E-state index contributed by atoms with van der Waals surface area (Å²) in [5, 5.41) is 11.7. The van der Waals surface area contributed by atoms with Gasteiger partial charge in [0.2, 0.25) is 0 Å². The molecule has 1 heterocycles. The Kier molecular flexibility index (Phi) is 6.52. The maximum Gasteiger partial charge on any atom is 0.164 e. The predicted molar refractivity (Wildman–Crippen MR) is 169 cm³/mol. The SMILES string of the molecule is N#Cc1cccc(-c2ccc(-c3ccc(-c4nc(-c5ccccc5)nc(-c5ccccc5)n4)cc3)c3ccccc23)c1. The van der Waals surface area contributed by atoms with E-state index >= 15 is 0 Å². The van der Waals surface area contributed by atoms with Gasteiger partial charge in [0.15, 0.2) is 17.5 Å². The number of hydrogen-bond donors (Lipinski definition) is 0. The molecule has 0 aliphatic carbocycles. The molecule has 0 aliphatic rings. The Balaban J connectivity index is 1.30. The van der Waals surface area contributed by atoms with Gasteiger partial charge in [-0.15, -0.1) is 0 Å². The van der Waals surface area contributed by atoms with E-state index in [1.807, 2.05) is 78.9 Å². The quantitative estimate of drug-likeness (QED) is 0.220. The molecule has 7 aromatic rings. The summed E-state index contributed by atoms with van der Waals surface area (Å²) >= 11 is 0. The molecule has 42 heavy (non-hydrogen) atoms. The van der Waals surface area contributed by atoms with Gasteiger partial charge in [-0.1, -0.05) is 133 Å². The van der Waals surface area contributed by atoms with Gasteiger partial charge in [-0.2, -0.15) is 5.26 Å². The number of rotatable bonds is 5. The normalized spacial score (nSPS) is 10.8. The minimum absolute atomic E-state index is 0.631. The number of nitriles is 1. The Morgan fingerprint density at radius 2 is 0.810 bits per heavy atom. The third kappa shape index (κ3) is 4.81. The van der Waals surface area contributed by atoms with Crippen molar-refractivity contribution < 1.29 is 0 Å². The third-order valence-electron chi connectivity index (χ3n) is 7.38. The number of nitrogens with zero attached hydrogens (tertiary/aromatic N) is 4. The predicted octanol–water partition coefficient (Wildman–Crippen LogP) is 9.23. The molecule has 0 spiro atoms. The molecule has 6 aromatic carbocycles. The van der Waals surface area contributed by atoms with Gasteiger partial charge in [0.25, 0.3) is 0 Å². The average molecular weight is 537 g/mol. The van der Waals surface area contributed by atoms with Crippen LogP contribution in [0.15, 0.2) is 146 Å². The monoisotopic (exact) mass is 536 g/mol. The highest BCUT2D eigenvalue weighted by Crippen LogP contribution is 2.36. The van der Waals surface area contributed by atoms with Crippen LogP contribution < -0.4 is 0 Å². The molecule has 0 N–H and O–H groups in total. The van der Waals surface area contributed by atoms with Crippen molar-refractivity contribution in [3.8, 4) is 62.5 Å². The van der Waals surface area contributed by atoms with Crippen molar-refractivity contribution in [2.45, 2.75) is 0 Å². The Labute approximate surface area is 244 Å². The van der Waals surface area contributed by atoms with Gasteiger partial charge in [0, 0.05) is 16.7 Å². The van der Waals surface area contributed by atoms with Gasteiger partial charge in [-0.3, -0.25) is 0 Å². The largest absolute Gasteiger partial charge is 0.208 e. The van der Waals surface area contributed by atoms with Gasteiger partial charge in [-0.25, -0.2) is 15.0 Å². The molecule has 0 aliphatic heterocycles. The molecule has 0 bridgehead atoms. The summed E-state index contributed by atoms with van der Waals surface area (Å²) in [4.78, 5) is 14.5. The first-order valence-electron chi connectivity index (χ1n) is 13.8. The van der Waals surface area contributed by atoms with Crippen LogP contribution in [0, 0.1) is 11.3 Å². The lowest BCUT2D eigenvalue weighted by Crippen LogP contribution is -2.00. The first kappa shape index (κ1) is 25.1. The van der Waals surface area contributed by atoms with Crippen molar-refractivity contribution >= 4 is 10.8 Å². The molecule has 0 fully saturated rings. The molecule has 0 unspecified atom stereocenters. The lowest BCUT2D eigenvalue weighted by Gasteiger charge is -2.13. The first-order valence-corrected chi connectivity index (χ1v) is 13.8. The first-order chi connectivity index (χ1) is 20.8. The second-order valence-electron chi connectivity index (χ2n) is 10.0. The van der Waals surface area contributed by atoms with Crippen molar-refractivity contribution in [3.05, 3.63) is 151 Å². The fourth-order valence-corrected chi connectivity index (χ4v) is 5.30. The minimum Gasteiger partial charge on any atom is -0.208 e. The molecule has 7 rings (SSSR count). The number of benzene rings is 6. The molecule has 4 heteroatoms. The summed E-state index contributed by atoms with van der Waals surface area (Å²) < 4.78 is 0. The van der Waals surface area contributed by atoms with E-state index in [1.54, 1.807) is 0 Å². The number of fused-ring (bicyclic) bond motifs is 1. The maximum atomic E-state index is 9.40. The van der Waals surface area contributed by atoms with Crippen molar-refractivity contribution in [2.24, 2.45) is 0 Å². The molecule has 0 saturated heterocycles. The van der Waals surface area contributed by atoms with Crippen molar-refractivity contribution in [3.63, 3.8) is 0 Å². The van der Waals surface area contributed by atoms with Crippen molar-refractivity contribution in [1.82, 2.24) is 15.0 Å². The highest BCUT2D eigenvalue weighted by Gasteiger charge is 2.14. The molecule has 0 radical (unpaired) electrons. The topological polar surface area (TPSA) is 62.5 Å². The molecule has 0 atom stereocenters. The number of hydrogen-bond acceptors (Lipinski definition) is 4. The van der Waals surface area contributed by atoms with Crippen LogP contribution >= 0.6 is 0 Å². The summed E-state index contributed by atoms with van der Waals surface area (Å²) in [6.45, 7) is 0. The van der Waals surface area contributed by atoms with Crippen LogP contribution in [0.4, 0.5) is 0 Å². The van der Waals surface area contributed by atoms with Crippen LogP contribution in [0.25, 0.3) is 67.2 Å². The van der Waals surface area contributed by atoms with Crippen molar-refractivity contribution in [1.29, 1.82) is 5.26 Å². The van der Waals surface area contributed by atoms with Crippen LogP contribution in [0.5, 0.6) is 0 Å². The van der Waals surface area contributed by atoms with Crippen molar-refractivity contribution in [2.75, 3.05) is 0 Å². The molecular formula is C38H24N4. The lowest BCUT2D eigenvalue weighted by molar-refractivity contribution is 1.07. The van der Waals surface area contributed by atoms with E-state index in [9.17, 15) is 5.26 Å². The summed E-state index contributed by atoms with van der Waals surface area (Å²) in [5.74, 6) is 1.92. The summed E-state index contributed by atoms with van der Waals surface area (Å²) in [5.41, 5.74) is 7.85. The zero-order valence-electron chi connectivity index (χ0n) is 22.6. The molecule has 0 saturated carbocycles. The molecule has 4 nitrogen and oxygen atoms in total. The number of aromatic nitrogens is 3. The van der Waals surface area contributed by atoms with E-state index in [4.69, 9.17) is 15.0 Å². The molecular weight excluding hydrogens is 512 g/mol. The standard InChI is InChI=1S/C38H24N4/c39-25-26-10-9-15-31(24-26)33-23-22-32(34-16-7-8-17-35(33)34)27-18-20-30(21-19-27)38-41-36(28-11-3-1-4-12-28)40-37(42-38)29-13-5-2-6-14-29/h1-24H. The smallest absolute Gasteiger partial charge is 0.164 e. The van der Waals surface area contributed by atoms with E-state index in [2.05, 4.69) is 72.8 Å². The highest BCUT2D eigenvalue weighted by atomic mass is 15.0. The Bertz CT molecular complexity index is 2020. The zero-order chi connectivity index (χ0) is 28.3. The average Bonchev–Trinajstić information content (AvgIpc) is 3.08. The Morgan fingerprint density at radius 3 is 1.33 bits per heavy atom. The Hall–Kier alpha value is -5.92. The van der Waals surface area contributed by atoms with Crippen LogP contribution in [-0.2, 0) is 0 Å². The Morgan fingerprint density at radius 1 is 0.381 bits per heavy atom. The van der Waals surface area contributed by atoms with E-state index in [1.165, 1.54) is 0 Å². The second-order valence-corrected chi connectivity index (χ2v) is 10.0. The van der Waals surface area contributed by atoms with Crippen LogP contribution in [0.3, 0.4) is 0 Å². The molecule has 0 amide bonds. The van der Waals surface area contributed by atoms with Gasteiger partial charge in [0.05, 0.1) is 11.6 Å². The minimum atomic E-state index is 0.631. The van der Waals surface area contributed by atoms with E-state index in [-0.39, 0.29) is 0 Å². The van der Waals surface area contributed by atoms with Crippen LogP contribution in [-0.4, -0.2) is 15.0 Å². The second kappa shape index (κ2) is 10.9. The molecule has 1 aromatic heterocycles. The zero-order valence-corrected chi connectivity index (χ0v) is 22.6. The fraction of sp³-hybridized carbons (Fsp3) is 0. The summed E-state index contributed by atoms with van der Waals surface area (Å²) in [6.07, 6.45) is 0. The maximum absolute atomic E-state index is 9.40. The summed E-state index contributed by atoms with van der Waals surface area (Å²) in [7, 11) is 0. The van der Waals surface area contributed by atoms with Crippen LogP contribution in [0.2, 0.25) is 0 Å². The third-order valence-corrected chi connectivity index (χ3v) is 7.38.